The fourth-order valence-electron chi connectivity index (χ4n) is 3.65. The lowest BCUT2D eigenvalue weighted by Gasteiger charge is -2.30. The third kappa shape index (κ3) is 4.86. The largest absolute Gasteiger partial charge is 0.497 e. The molecule has 1 saturated heterocycles. The van der Waals surface area contributed by atoms with Gasteiger partial charge in [-0.3, -0.25) is 4.79 Å². The number of nitrogens with one attached hydrogen (secondary N) is 1. The summed E-state index contributed by atoms with van der Waals surface area (Å²) in [5.74, 6) is 0.287. The first-order valence-electron chi connectivity index (χ1n) is 10.2. The molecule has 0 saturated carbocycles. The quantitative estimate of drug-likeness (QED) is 0.445. The first-order chi connectivity index (χ1) is 15.6. The molecule has 3 aromatic rings. The number of rotatable bonds is 5. The molecule has 6 nitrogen and oxygen atoms in total. The highest BCUT2D eigenvalue weighted by Crippen LogP contribution is 2.30. The Bertz CT molecular complexity index is 1230. The third-order valence-electron chi connectivity index (χ3n) is 5.31. The molecule has 1 fully saturated rings. The smallest absolute Gasteiger partial charge is 0.266 e. The van der Waals surface area contributed by atoms with Crippen LogP contribution in [0.5, 0.6) is 5.75 Å². The standard InChI is InChI=1S/C25H22ClN3O3/c1-31-22-6-4-18-12-17(2-3-19(18)14-22)13-20(16-27)25(30)28-23-15-21(26)5-7-24(23)29-8-10-32-11-9-29/h2-7,12-15H,8-11H2,1H3,(H,28,30)/b20-13+. The van der Waals surface area contributed by atoms with Crippen LogP contribution in [0.3, 0.4) is 0 Å². The van der Waals surface area contributed by atoms with Crippen LogP contribution >= 0.6 is 11.6 Å². The zero-order valence-corrected chi connectivity index (χ0v) is 18.4. The van der Waals surface area contributed by atoms with Crippen LogP contribution in [0.15, 0.2) is 60.2 Å². The molecule has 4 rings (SSSR count). The lowest BCUT2D eigenvalue weighted by atomic mass is 10.0. The SMILES string of the molecule is COc1ccc2cc(/C=C(\C#N)C(=O)Nc3cc(Cl)ccc3N3CCOCC3)ccc2c1. The van der Waals surface area contributed by atoms with E-state index in [1.807, 2.05) is 48.5 Å². The first-order valence-corrected chi connectivity index (χ1v) is 10.6. The van der Waals surface area contributed by atoms with Gasteiger partial charge >= 0.3 is 0 Å². The highest BCUT2D eigenvalue weighted by molar-refractivity contribution is 6.31. The average Bonchev–Trinajstić information content (AvgIpc) is 2.82. The van der Waals surface area contributed by atoms with Crippen molar-refractivity contribution in [2.45, 2.75) is 0 Å². The Morgan fingerprint density at radius 1 is 1.12 bits per heavy atom. The number of amides is 1. The molecule has 1 N–H and O–H groups in total. The predicted octanol–water partition coefficient (Wildman–Crippen LogP) is 4.88. The maximum absolute atomic E-state index is 12.9. The van der Waals surface area contributed by atoms with E-state index in [1.165, 1.54) is 0 Å². The Balaban J connectivity index is 1.60. The summed E-state index contributed by atoms with van der Waals surface area (Å²) in [7, 11) is 1.63. The van der Waals surface area contributed by atoms with E-state index in [9.17, 15) is 10.1 Å². The molecule has 0 bridgehead atoms. The van der Waals surface area contributed by atoms with Crippen LogP contribution in [0.25, 0.3) is 16.8 Å². The molecule has 0 unspecified atom stereocenters. The maximum atomic E-state index is 12.9. The van der Waals surface area contributed by atoms with Gasteiger partial charge in [-0.2, -0.15) is 5.26 Å². The molecular weight excluding hydrogens is 426 g/mol. The summed E-state index contributed by atoms with van der Waals surface area (Å²) in [5, 5.41) is 15.0. The van der Waals surface area contributed by atoms with Crippen molar-refractivity contribution < 1.29 is 14.3 Å². The molecule has 0 spiro atoms. The van der Waals surface area contributed by atoms with E-state index in [-0.39, 0.29) is 5.57 Å². The van der Waals surface area contributed by atoms with Gasteiger partial charge in [0.05, 0.1) is 31.7 Å². The monoisotopic (exact) mass is 447 g/mol. The van der Waals surface area contributed by atoms with Crippen molar-refractivity contribution in [2.75, 3.05) is 43.6 Å². The Morgan fingerprint density at radius 3 is 2.62 bits per heavy atom. The van der Waals surface area contributed by atoms with Gasteiger partial charge in [-0.15, -0.1) is 0 Å². The van der Waals surface area contributed by atoms with Gasteiger partial charge in [0.15, 0.2) is 0 Å². The molecular formula is C25H22ClN3O3. The molecule has 0 atom stereocenters. The first kappa shape index (κ1) is 21.7. The van der Waals surface area contributed by atoms with E-state index in [1.54, 1.807) is 25.3 Å². The van der Waals surface area contributed by atoms with E-state index in [0.29, 0.717) is 37.0 Å². The second-order valence-electron chi connectivity index (χ2n) is 7.36. The van der Waals surface area contributed by atoms with Gasteiger partial charge < -0.3 is 19.7 Å². The van der Waals surface area contributed by atoms with Crippen molar-refractivity contribution in [3.8, 4) is 11.8 Å². The van der Waals surface area contributed by atoms with Crippen LogP contribution < -0.4 is 15.0 Å². The number of anilines is 2. The van der Waals surface area contributed by atoms with E-state index in [0.717, 1.165) is 27.8 Å². The number of halogens is 1. The van der Waals surface area contributed by atoms with Crippen LogP contribution in [0.2, 0.25) is 5.02 Å². The third-order valence-corrected chi connectivity index (χ3v) is 5.54. The normalized spacial score (nSPS) is 14.2. The van der Waals surface area contributed by atoms with Crippen LogP contribution in [-0.2, 0) is 9.53 Å². The van der Waals surface area contributed by atoms with Gasteiger partial charge in [0.2, 0.25) is 0 Å². The number of benzene rings is 3. The molecule has 0 radical (unpaired) electrons. The number of fused-ring (bicyclic) bond motifs is 1. The zero-order valence-electron chi connectivity index (χ0n) is 17.6. The molecule has 1 amide bonds. The molecule has 3 aromatic carbocycles. The number of nitriles is 1. The highest BCUT2D eigenvalue weighted by atomic mass is 35.5. The summed E-state index contributed by atoms with van der Waals surface area (Å²) in [6.45, 7) is 2.67. The van der Waals surface area contributed by atoms with Gasteiger partial charge in [-0.1, -0.05) is 29.8 Å². The number of methoxy groups -OCH3 is 1. The molecule has 1 aliphatic heterocycles. The van der Waals surface area contributed by atoms with E-state index >= 15 is 0 Å². The van der Waals surface area contributed by atoms with Gasteiger partial charge in [-0.05, 0) is 58.8 Å². The number of nitrogens with zero attached hydrogens (tertiary/aromatic N) is 2. The summed E-state index contributed by atoms with van der Waals surface area (Å²) in [5.41, 5.74) is 2.18. The Labute approximate surface area is 191 Å². The molecule has 32 heavy (non-hydrogen) atoms. The molecule has 0 aromatic heterocycles. The van der Waals surface area contributed by atoms with Gasteiger partial charge in [0.25, 0.3) is 5.91 Å². The van der Waals surface area contributed by atoms with Crippen LogP contribution in [0.1, 0.15) is 5.56 Å². The number of ether oxygens (including phenoxy) is 2. The lowest BCUT2D eigenvalue weighted by molar-refractivity contribution is -0.112. The number of hydrogen-bond acceptors (Lipinski definition) is 5. The summed E-state index contributed by atoms with van der Waals surface area (Å²) in [6.07, 6.45) is 1.58. The summed E-state index contributed by atoms with van der Waals surface area (Å²) in [4.78, 5) is 15.1. The molecule has 162 valence electrons. The Kier molecular flexibility index (Phi) is 6.60. The number of carbonyl (C=O) groups excluding carboxylic acids is 1. The van der Waals surface area contributed by atoms with E-state index in [2.05, 4.69) is 10.2 Å². The predicted molar refractivity (Wildman–Crippen MR) is 127 cm³/mol. The lowest BCUT2D eigenvalue weighted by Crippen LogP contribution is -2.36. The van der Waals surface area contributed by atoms with Gasteiger partial charge in [-0.25, -0.2) is 0 Å². The van der Waals surface area contributed by atoms with Gasteiger partial charge in [0.1, 0.15) is 17.4 Å². The van der Waals surface area contributed by atoms with Crippen molar-refractivity contribution in [3.05, 3.63) is 70.8 Å². The fourth-order valence-corrected chi connectivity index (χ4v) is 3.82. The van der Waals surface area contributed by atoms with E-state index < -0.39 is 5.91 Å². The number of hydrogen-bond donors (Lipinski definition) is 1. The fraction of sp³-hybridized carbons (Fsp3) is 0.200. The summed E-state index contributed by atoms with van der Waals surface area (Å²) < 4.78 is 10.7. The maximum Gasteiger partial charge on any atom is 0.266 e. The second-order valence-corrected chi connectivity index (χ2v) is 7.79. The topological polar surface area (TPSA) is 74.6 Å². The minimum absolute atomic E-state index is 0.00534. The second kappa shape index (κ2) is 9.73. The van der Waals surface area contributed by atoms with Crippen molar-refractivity contribution in [3.63, 3.8) is 0 Å². The van der Waals surface area contributed by atoms with Crippen molar-refractivity contribution >= 4 is 45.7 Å². The zero-order chi connectivity index (χ0) is 22.5. The van der Waals surface area contributed by atoms with Crippen LogP contribution in [-0.4, -0.2) is 39.3 Å². The van der Waals surface area contributed by atoms with Crippen molar-refractivity contribution in [2.24, 2.45) is 0 Å². The minimum Gasteiger partial charge on any atom is -0.497 e. The van der Waals surface area contributed by atoms with Gasteiger partial charge in [0, 0.05) is 18.1 Å². The summed E-state index contributed by atoms with van der Waals surface area (Å²) >= 11 is 6.18. The minimum atomic E-state index is -0.487. The molecule has 7 heteroatoms. The molecule has 1 heterocycles. The van der Waals surface area contributed by atoms with Crippen LogP contribution in [0.4, 0.5) is 11.4 Å². The number of carbonyl (C=O) groups is 1. The average molecular weight is 448 g/mol. The van der Waals surface area contributed by atoms with E-state index in [4.69, 9.17) is 21.1 Å². The number of morpholine rings is 1. The molecule has 1 aliphatic rings. The Morgan fingerprint density at radius 2 is 1.88 bits per heavy atom. The Hall–Kier alpha value is -3.53. The molecule has 0 aliphatic carbocycles. The highest BCUT2D eigenvalue weighted by Gasteiger charge is 2.18. The summed E-state index contributed by atoms with van der Waals surface area (Å²) in [6, 6.07) is 18.9. The van der Waals surface area contributed by atoms with Crippen LogP contribution in [0, 0.1) is 11.3 Å². The van der Waals surface area contributed by atoms with Crippen molar-refractivity contribution in [1.82, 2.24) is 0 Å². The van der Waals surface area contributed by atoms with Crippen molar-refractivity contribution in [1.29, 1.82) is 5.26 Å².